The van der Waals surface area contributed by atoms with Crippen molar-refractivity contribution in [2.75, 3.05) is 0 Å². The predicted octanol–water partition coefficient (Wildman–Crippen LogP) is 12.5. The van der Waals surface area contributed by atoms with Crippen molar-refractivity contribution in [1.82, 2.24) is 0 Å². The Morgan fingerprint density at radius 2 is 0.867 bits per heavy atom. The largest absolute Gasteiger partial charge is 0.0905 e. The van der Waals surface area contributed by atoms with E-state index in [1.54, 1.807) is 0 Å². The first kappa shape index (κ1) is 28.1. The summed E-state index contributed by atoms with van der Waals surface area (Å²) in [7, 11) is 0. The van der Waals surface area contributed by atoms with Crippen LogP contribution in [0, 0.1) is 0 Å². The van der Waals surface area contributed by atoms with Crippen LogP contribution in [0.1, 0.15) is 23.6 Å². The standard InChI is InChI=1S/C45H34/c1-32(34-17-7-3-8-18-34)27-29-39(33(2)35-19-9-4-10-20-35)38-28-30-42-43(31-38)45(37-23-13-6-14-24-37)41-26-16-15-25-40(41)44(42)36-21-11-5-12-22-36/h3-31H,2H2,1H3/b32-27+,39-29+. The minimum Gasteiger partial charge on any atom is -0.0905 e. The summed E-state index contributed by atoms with van der Waals surface area (Å²) in [5, 5.41) is 4.98. The van der Waals surface area contributed by atoms with Crippen molar-refractivity contribution in [2.24, 2.45) is 0 Å². The van der Waals surface area contributed by atoms with Crippen LogP contribution in [-0.2, 0) is 0 Å². The Morgan fingerprint density at radius 3 is 1.42 bits per heavy atom. The Morgan fingerprint density at radius 1 is 0.422 bits per heavy atom. The second-order valence-corrected chi connectivity index (χ2v) is 11.4. The van der Waals surface area contributed by atoms with E-state index in [4.69, 9.17) is 0 Å². The van der Waals surface area contributed by atoms with Gasteiger partial charge in [0.25, 0.3) is 0 Å². The molecular weight excluding hydrogens is 540 g/mol. The predicted molar refractivity (Wildman–Crippen MR) is 196 cm³/mol. The number of hydrogen-bond acceptors (Lipinski definition) is 0. The molecule has 7 aromatic rings. The molecule has 0 radical (unpaired) electrons. The van der Waals surface area contributed by atoms with Gasteiger partial charge in [0.2, 0.25) is 0 Å². The lowest BCUT2D eigenvalue weighted by Crippen LogP contribution is -1.94. The average Bonchev–Trinajstić information content (AvgIpc) is 3.12. The minimum absolute atomic E-state index is 0.998. The van der Waals surface area contributed by atoms with Crippen molar-refractivity contribution in [3.05, 3.63) is 199 Å². The molecule has 0 aliphatic carbocycles. The maximum Gasteiger partial charge on any atom is -0.00262 e. The van der Waals surface area contributed by atoms with Gasteiger partial charge < -0.3 is 0 Å². The second kappa shape index (κ2) is 12.5. The quantitative estimate of drug-likeness (QED) is 0.131. The molecule has 0 N–H and O–H groups in total. The molecule has 0 aromatic heterocycles. The summed E-state index contributed by atoms with van der Waals surface area (Å²) in [6.07, 6.45) is 4.46. The van der Waals surface area contributed by atoms with Crippen molar-refractivity contribution < 1.29 is 0 Å². The zero-order chi connectivity index (χ0) is 30.6. The van der Waals surface area contributed by atoms with E-state index in [2.05, 4.69) is 189 Å². The molecular formula is C45H34. The van der Waals surface area contributed by atoms with Crippen LogP contribution in [0.2, 0.25) is 0 Å². The fraction of sp³-hybridized carbons (Fsp3) is 0.0222. The first-order valence-electron chi connectivity index (χ1n) is 15.5. The number of rotatable bonds is 7. The molecule has 7 rings (SSSR count). The molecule has 0 heterocycles. The van der Waals surface area contributed by atoms with E-state index in [0.29, 0.717) is 0 Å². The zero-order valence-corrected chi connectivity index (χ0v) is 25.5. The molecule has 0 heteroatoms. The highest BCUT2D eigenvalue weighted by atomic mass is 14.2. The molecule has 45 heavy (non-hydrogen) atoms. The molecule has 0 unspecified atom stereocenters. The van der Waals surface area contributed by atoms with Crippen molar-refractivity contribution in [3.8, 4) is 22.3 Å². The Kier molecular flexibility index (Phi) is 7.79. The van der Waals surface area contributed by atoms with Gasteiger partial charge in [-0.05, 0) is 90.2 Å². The highest BCUT2D eigenvalue weighted by Gasteiger charge is 2.18. The first-order valence-corrected chi connectivity index (χ1v) is 15.5. The van der Waals surface area contributed by atoms with Crippen molar-refractivity contribution in [1.29, 1.82) is 0 Å². The smallest absolute Gasteiger partial charge is 0.00262 e. The van der Waals surface area contributed by atoms with E-state index in [0.717, 1.165) is 22.3 Å². The Hall–Kier alpha value is -5.72. The van der Waals surface area contributed by atoms with Crippen LogP contribution in [0.3, 0.4) is 0 Å². The second-order valence-electron chi connectivity index (χ2n) is 11.4. The lowest BCUT2D eigenvalue weighted by Gasteiger charge is -2.20. The van der Waals surface area contributed by atoms with E-state index < -0.39 is 0 Å². The van der Waals surface area contributed by atoms with Gasteiger partial charge in [0.1, 0.15) is 0 Å². The summed E-state index contributed by atoms with van der Waals surface area (Å²) in [4.78, 5) is 0. The summed E-state index contributed by atoms with van der Waals surface area (Å²) in [5.41, 5.74) is 11.7. The van der Waals surface area contributed by atoms with E-state index in [-0.39, 0.29) is 0 Å². The molecule has 0 aliphatic heterocycles. The van der Waals surface area contributed by atoms with Gasteiger partial charge in [0, 0.05) is 0 Å². The van der Waals surface area contributed by atoms with Crippen LogP contribution in [-0.4, -0.2) is 0 Å². The zero-order valence-electron chi connectivity index (χ0n) is 25.5. The van der Waals surface area contributed by atoms with E-state index >= 15 is 0 Å². The molecule has 0 fully saturated rings. The van der Waals surface area contributed by atoms with Crippen LogP contribution in [0.15, 0.2) is 183 Å². The molecule has 0 bridgehead atoms. The molecule has 0 aliphatic rings. The summed E-state index contributed by atoms with van der Waals surface area (Å²) < 4.78 is 0. The summed E-state index contributed by atoms with van der Waals surface area (Å²) in [6.45, 7) is 6.80. The van der Waals surface area contributed by atoms with Gasteiger partial charge in [-0.2, -0.15) is 0 Å². The highest BCUT2D eigenvalue weighted by Crippen LogP contribution is 2.45. The van der Waals surface area contributed by atoms with Crippen molar-refractivity contribution in [2.45, 2.75) is 6.92 Å². The van der Waals surface area contributed by atoms with E-state index in [1.165, 1.54) is 54.9 Å². The Bertz CT molecular complexity index is 2180. The monoisotopic (exact) mass is 574 g/mol. The summed E-state index contributed by atoms with van der Waals surface area (Å²) in [5.74, 6) is 0. The molecule has 0 nitrogen and oxygen atoms in total. The first-order chi connectivity index (χ1) is 22.2. The third kappa shape index (κ3) is 5.55. The number of fused-ring (bicyclic) bond motifs is 2. The lowest BCUT2D eigenvalue weighted by atomic mass is 9.84. The van der Waals surface area contributed by atoms with Crippen molar-refractivity contribution >= 4 is 38.3 Å². The molecule has 0 amide bonds. The molecule has 0 saturated heterocycles. The van der Waals surface area contributed by atoms with Crippen LogP contribution in [0.5, 0.6) is 0 Å². The lowest BCUT2D eigenvalue weighted by molar-refractivity contribution is 1.56. The van der Waals surface area contributed by atoms with Gasteiger partial charge in [-0.25, -0.2) is 0 Å². The van der Waals surface area contributed by atoms with Crippen LogP contribution in [0.4, 0.5) is 0 Å². The molecule has 0 saturated carbocycles. The van der Waals surface area contributed by atoms with Gasteiger partial charge in [-0.3, -0.25) is 0 Å². The van der Waals surface area contributed by atoms with Gasteiger partial charge in [-0.1, -0.05) is 176 Å². The van der Waals surface area contributed by atoms with Crippen LogP contribution >= 0.6 is 0 Å². The van der Waals surface area contributed by atoms with Gasteiger partial charge in [0.05, 0.1) is 0 Å². The molecule has 7 aromatic carbocycles. The van der Waals surface area contributed by atoms with Crippen molar-refractivity contribution in [3.63, 3.8) is 0 Å². The Labute approximate surface area is 266 Å². The normalized spacial score (nSPS) is 12.0. The number of allylic oxidation sites excluding steroid dienone is 5. The molecule has 0 spiro atoms. The molecule has 214 valence electrons. The van der Waals surface area contributed by atoms with E-state index in [9.17, 15) is 0 Å². The third-order valence-electron chi connectivity index (χ3n) is 8.64. The summed E-state index contributed by atoms with van der Waals surface area (Å²) >= 11 is 0. The topological polar surface area (TPSA) is 0 Å². The fourth-order valence-electron chi connectivity index (χ4n) is 6.35. The molecule has 0 atom stereocenters. The van der Waals surface area contributed by atoms with Crippen LogP contribution in [0.25, 0.3) is 60.5 Å². The van der Waals surface area contributed by atoms with Gasteiger partial charge >= 0.3 is 0 Å². The highest BCUT2D eigenvalue weighted by molar-refractivity contribution is 6.22. The third-order valence-corrected chi connectivity index (χ3v) is 8.64. The van der Waals surface area contributed by atoms with E-state index in [1.807, 2.05) is 0 Å². The summed E-state index contributed by atoms with van der Waals surface area (Å²) in [6, 6.07) is 58.4. The van der Waals surface area contributed by atoms with Gasteiger partial charge in [-0.15, -0.1) is 0 Å². The Balaban J connectivity index is 1.53. The minimum atomic E-state index is 0.998. The average molecular weight is 575 g/mol. The number of hydrogen-bond donors (Lipinski definition) is 0. The van der Waals surface area contributed by atoms with Crippen LogP contribution < -0.4 is 0 Å². The SMILES string of the molecule is C=C(/C(=C\C=C(/C)c1ccccc1)c1ccc2c(-c3ccccc3)c3ccccc3c(-c3ccccc3)c2c1)c1ccccc1. The number of benzene rings is 7. The maximum absolute atomic E-state index is 4.63. The van der Waals surface area contributed by atoms with Gasteiger partial charge in [0.15, 0.2) is 0 Å². The fourth-order valence-corrected chi connectivity index (χ4v) is 6.35. The maximum atomic E-state index is 4.63.